The summed E-state index contributed by atoms with van der Waals surface area (Å²) in [7, 11) is 0. The smallest absolute Gasteiger partial charge is 0.267 e. The van der Waals surface area contributed by atoms with Crippen LogP contribution in [0.2, 0.25) is 0 Å². The van der Waals surface area contributed by atoms with Gasteiger partial charge >= 0.3 is 0 Å². The molecule has 3 aromatic carbocycles. The molecular formula is C27H25N3O5. The highest BCUT2D eigenvalue weighted by molar-refractivity contribution is 6.25. The highest BCUT2D eigenvalue weighted by Crippen LogP contribution is 2.32. The van der Waals surface area contributed by atoms with Gasteiger partial charge in [-0.05, 0) is 29.7 Å². The third-order valence-corrected chi connectivity index (χ3v) is 6.96. The molecule has 0 aromatic heterocycles. The van der Waals surface area contributed by atoms with Gasteiger partial charge in [0.1, 0.15) is 6.61 Å². The highest BCUT2D eigenvalue weighted by Gasteiger charge is 2.35. The number of imide groups is 1. The molecule has 1 saturated heterocycles. The number of benzene rings is 3. The molecule has 1 atom stereocenters. The number of carbonyl (C=O) groups is 3. The van der Waals surface area contributed by atoms with Crippen LogP contribution in [0.1, 0.15) is 20.7 Å². The monoisotopic (exact) mass is 471 g/mol. The fraction of sp³-hybridized carbons (Fsp3) is 0.296. The van der Waals surface area contributed by atoms with Crippen LogP contribution < -0.4 is 9.47 Å². The molecule has 3 amide bonds. The SMILES string of the molecule is O=C([C@H]1COc2ccccc2O1)N1CCN(CCN2C(=O)c3cccc4cccc(c34)C2=O)CC1. The number of hydrogen-bond acceptors (Lipinski definition) is 6. The first-order valence-electron chi connectivity index (χ1n) is 11.9. The van der Waals surface area contributed by atoms with Crippen molar-refractivity contribution in [1.29, 1.82) is 0 Å². The number of ether oxygens (including phenoxy) is 2. The van der Waals surface area contributed by atoms with Crippen LogP contribution in [0, 0.1) is 0 Å². The maximum atomic E-state index is 13.1. The lowest BCUT2D eigenvalue weighted by atomic mass is 9.94. The average molecular weight is 472 g/mol. The Bertz CT molecular complexity index is 1280. The zero-order valence-electron chi connectivity index (χ0n) is 19.2. The molecule has 0 saturated carbocycles. The van der Waals surface area contributed by atoms with Crippen molar-refractivity contribution < 1.29 is 23.9 Å². The molecular weight excluding hydrogens is 446 g/mol. The summed E-state index contributed by atoms with van der Waals surface area (Å²) in [5, 5.41) is 1.64. The number of para-hydroxylation sites is 2. The first kappa shape index (κ1) is 21.6. The molecule has 3 aromatic rings. The quantitative estimate of drug-likeness (QED) is 0.544. The second kappa shape index (κ2) is 8.70. The van der Waals surface area contributed by atoms with Gasteiger partial charge in [0.05, 0.1) is 0 Å². The predicted octanol–water partition coefficient (Wildman–Crippen LogP) is 2.42. The van der Waals surface area contributed by atoms with E-state index in [2.05, 4.69) is 4.90 Å². The molecule has 6 rings (SSSR count). The van der Waals surface area contributed by atoms with E-state index < -0.39 is 6.10 Å². The third kappa shape index (κ3) is 3.80. The van der Waals surface area contributed by atoms with Crippen molar-refractivity contribution >= 4 is 28.5 Å². The van der Waals surface area contributed by atoms with Crippen molar-refractivity contribution in [1.82, 2.24) is 14.7 Å². The van der Waals surface area contributed by atoms with Crippen molar-refractivity contribution in [2.24, 2.45) is 0 Å². The van der Waals surface area contributed by atoms with E-state index in [-0.39, 0.29) is 24.3 Å². The molecule has 178 valence electrons. The van der Waals surface area contributed by atoms with Gasteiger partial charge in [0.25, 0.3) is 17.7 Å². The number of fused-ring (bicyclic) bond motifs is 1. The lowest BCUT2D eigenvalue weighted by Crippen LogP contribution is -2.55. The Kier molecular flexibility index (Phi) is 5.37. The summed E-state index contributed by atoms with van der Waals surface area (Å²) in [6, 6.07) is 18.5. The van der Waals surface area contributed by atoms with E-state index in [1.807, 2.05) is 42.5 Å². The van der Waals surface area contributed by atoms with Gasteiger partial charge in [-0.2, -0.15) is 0 Å². The fourth-order valence-electron chi connectivity index (χ4n) is 5.06. The molecule has 0 aliphatic carbocycles. The van der Waals surface area contributed by atoms with E-state index in [0.717, 1.165) is 10.8 Å². The number of carbonyl (C=O) groups excluding carboxylic acids is 3. The summed E-state index contributed by atoms with van der Waals surface area (Å²) in [6.45, 7) is 3.52. The van der Waals surface area contributed by atoms with Crippen LogP contribution in [-0.4, -0.2) is 84.4 Å². The topological polar surface area (TPSA) is 79.4 Å². The van der Waals surface area contributed by atoms with Crippen LogP contribution in [0.5, 0.6) is 11.5 Å². The largest absolute Gasteiger partial charge is 0.485 e. The predicted molar refractivity (Wildman–Crippen MR) is 129 cm³/mol. The van der Waals surface area contributed by atoms with Crippen LogP contribution in [-0.2, 0) is 4.79 Å². The van der Waals surface area contributed by atoms with Crippen LogP contribution >= 0.6 is 0 Å². The zero-order valence-corrected chi connectivity index (χ0v) is 19.2. The first-order chi connectivity index (χ1) is 17.1. The fourth-order valence-corrected chi connectivity index (χ4v) is 5.06. The number of hydrogen-bond donors (Lipinski definition) is 0. The number of rotatable bonds is 4. The van der Waals surface area contributed by atoms with E-state index in [1.165, 1.54) is 4.90 Å². The molecule has 1 fully saturated rings. The summed E-state index contributed by atoms with van der Waals surface area (Å²) < 4.78 is 11.6. The standard InChI is InChI=1S/C27H25N3O5/c31-25-19-7-3-5-18-6-4-8-20(24(18)19)26(32)30(25)16-13-28-11-14-29(15-12-28)27(33)23-17-34-21-9-1-2-10-22(21)35-23/h1-10,23H,11-17H2/t23-/m1/s1. The van der Waals surface area contributed by atoms with Crippen molar-refractivity contribution in [2.75, 3.05) is 45.9 Å². The minimum absolute atomic E-state index is 0.0785. The Balaban J connectivity index is 1.06. The summed E-state index contributed by atoms with van der Waals surface area (Å²) >= 11 is 0. The number of amides is 3. The minimum atomic E-state index is -0.650. The van der Waals surface area contributed by atoms with E-state index in [0.29, 0.717) is 61.9 Å². The molecule has 0 radical (unpaired) electrons. The molecule has 0 spiro atoms. The summed E-state index contributed by atoms with van der Waals surface area (Å²) in [5.41, 5.74) is 1.15. The third-order valence-electron chi connectivity index (χ3n) is 6.96. The maximum absolute atomic E-state index is 13.1. The Morgan fingerprint density at radius 3 is 2.14 bits per heavy atom. The van der Waals surface area contributed by atoms with E-state index >= 15 is 0 Å². The van der Waals surface area contributed by atoms with Crippen LogP contribution in [0.3, 0.4) is 0 Å². The van der Waals surface area contributed by atoms with Gasteiger partial charge in [-0.1, -0.05) is 36.4 Å². The van der Waals surface area contributed by atoms with Gasteiger partial charge in [0.15, 0.2) is 11.5 Å². The normalized spacial score (nSPS) is 19.8. The van der Waals surface area contributed by atoms with Gasteiger partial charge in [-0.3, -0.25) is 24.2 Å². The van der Waals surface area contributed by atoms with Gasteiger partial charge in [-0.15, -0.1) is 0 Å². The van der Waals surface area contributed by atoms with Gasteiger partial charge in [0, 0.05) is 55.8 Å². The Hall–Kier alpha value is -3.91. The van der Waals surface area contributed by atoms with Crippen LogP contribution in [0.15, 0.2) is 60.7 Å². The molecule has 3 heterocycles. The molecule has 8 heteroatoms. The van der Waals surface area contributed by atoms with E-state index in [9.17, 15) is 14.4 Å². The Labute approximate surface area is 202 Å². The molecule has 3 aliphatic rings. The Morgan fingerprint density at radius 2 is 1.46 bits per heavy atom. The number of piperazine rings is 1. The Morgan fingerprint density at radius 1 is 0.800 bits per heavy atom. The van der Waals surface area contributed by atoms with Crippen molar-refractivity contribution in [2.45, 2.75) is 6.10 Å². The van der Waals surface area contributed by atoms with Crippen molar-refractivity contribution in [3.63, 3.8) is 0 Å². The molecule has 8 nitrogen and oxygen atoms in total. The molecule has 0 bridgehead atoms. The lowest BCUT2D eigenvalue weighted by molar-refractivity contribution is -0.143. The van der Waals surface area contributed by atoms with Crippen LogP contribution in [0.4, 0.5) is 0 Å². The van der Waals surface area contributed by atoms with Crippen molar-refractivity contribution in [3.8, 4) is 11.5 Å². The second-order valence-electron chi connectivity index (χ2n) is 9.00. The summed E-state index contributed by atoms with van der Waals surface area (Å²) in [4.78, 5) is 44.5. The van der Waals surface area contributed by atoms with E-state index in [4.69, 9.17) is 9.47 Å². The lowest BCUT2D eigenvalue weighted by Gasteiger charge is -2.38. The van der Waals surface area contributed by atoms with Gasteiger partial charge < -0.3 is 14.4 Å². The van der Waals surface area contributed by atoms with Gasteiger partial charge in [0.2, 0.25) is 6.10 Å². The average Bonchev–Trinajstić information content (AvgIpc) is 2.91. The zero-order chi connectivity index (χ0) is 23.9. The second-order valence-corrected chi connectivity index (χ2v) is 9.00. The summed E-state index contributed by atoms with van der Waals surface area (Å²) in [6.07, 6.45) is -0.650. The minimum Gasteiger partial charge on any atom is -0.485 e. The highest BCUT2D eigenvalue weighted by atomic mass is 16.6. The summed E-state index contributed by atoms with van der Waals surface area (Å²) in [5.74, 6) is 0.668. The molecule has 35 heavy (non-hydrogen) atoms. The molecule has 0 unspecified atom stereocenters. The van der Waals surface area contributed by atoms with Gasteiger partial charge in [-0.25, -0.2) is 0 Å². The molecule has 3 aliphatic heterocycles. The van der Waals surface area contributed by atoms with Crippen molar-refractivity contribution in [3.05, 3.63) is 71.8 Å². The first-order valence-corrected chi connectivity index (χ1v) is 11.9. The van der Waals surface area contributed by atoms with Crippen LogP contribution in [0.25, 0.3) is 10.8 Å². The maximum Gasteiger partial charge on any atom is 0.267 e. The molecule has 0 N–H and O–H groups in total. The van der Waals surface area contributed by atoms with E-state index in [1.54, 1.807) is 23.1 Å². The number of nitrogens with zero attached hydrogens (tertiary/aromatic N) is 3.